The number of anilines is 1. The van der Waals surface area contributed by atoms with Gasteiger partial charge in [0.25, 0.3) is 0 Å². The molecule has 0 atom stereocenters. The number of ether oxygens (including phenoxy) is 1. The number of amides is 1. The van der Waals surface area contributed by atoms with Gasteiger partial charge in [-0.25, -0.2) is 4.98 Å². The van der Waals surface area contributed by atoms with Crippen molar-refractivity contribution < 1.29 is 9.53 Å². The molecule has 130 valence electrons. The molecule has 0 saturated carbocycles. The van der Waals surface area contributed by atoms with Crippen molar-refractivity contribution in [3.63, 3.8) is 0 Å². The predicted molar refractivity (Wildman–Crippen MR) is 96.3 cm³/mol. The van der Waals surface area contributed by atoms with Crippen LogP contribution < -0.4 is 10.1 Å². The van der Waals surface area contributed by atoms with Gasteiger partial charge in [0.1, 0.15) is 17.4 Å². The Bertz CT molecular complexity index is 950. The molecule has 0 saturated heterocycles. The van der Waals surface area contributed by atoms with Gasteiger partial charge in [0.15, 0.2) is 11.6 Å². The number of aromatic nitrogens is 3. The minimum absolute atomic E-state index is 0.0868. The molecule has 1 N–H and O–H groups in total. The summed E-state index contributed by atoms with van der Waals surface area (Å²) < 4.78 is 6.91. The van der Waals surface area contributed by atoms with Crippen molar-refractivity contribution in [1.82, 2.24) is 14.8 Å². The van der Waals surface area contributed by atoms with E-state index in [1.165, 1.54) is 10.9 Å². The van der Waals surface area contributed by atoms with Crippen molar-refractivity contribution in [3.05, 3.63) is 65.4 Å². The minimum atomic E-state index is -0.314. The van der Waals surface area contributed by atoms with Crippen LogP contribution in [0.25, 0.3) is 5.82 Å². The number of carbonyl (C=O) groups excluding carboxylic acids is 1. The van der Waals surface area contributed by atoms with E-state index in [1.54, 1.807) is 48.7 Å². The smallest absolute Gasteiger partial charge is 0.228 e. The summed E-state index contributed by atoms with van der Waals surface area (Å²) in [5.74, 6) is 0.968. The maximum absolute atomic E-state index is 12.2. The number of rotatable bonds is 6. The molecule has 0 spiro atoms. The first-order chi connectivity index (χ1) is 12.7. The van der Waals surface area contributed by atoms with E-state index in [0.717, 1.165) is 0 Å². The van der Waals surface area contributed by atoms with E-state index in [0.29, 0.717) is 16.6 Å². The second-order valence-electron chi connectivity index (χ2n) is 5.20. The summed E-state index contributed by atoms with van der Waals surface area (Å²) in [4.78, 5) is 16.4. The maximum Gasteiger partial charge on any atom is 0.228 e. The molecule has 7 nitrogen and oxygen atoms in total. The predicted octanol–water partition coefficient (Wildman–Crippen LogP) is 3.20. The highest BCUT2D eigenvalue weighted by Gasteiger charge is 2.15. The highest BCUT2D eigenvalue weighted by Crippen LogP contribution is 2.23. The first-order valence-corrected chi connectivity index (χ1v) is 8.13. The SMILES string of the molecule is N#Cc1cnn(-c2ccccn2)c1NC(=O)CCOc1ccccc1Cl. The van der Waals surface area contributed by atoms with Gasteiger partial charge in [0.05, 0.1) is 24.2 Å². The topological polar surface area (TPSA) is 92.8 Å². The molecule has 2 heterocycles. The van der Waals surface area contributed by atoms with Crippen LogP contribution in [0.3, 0.4) is 0 Å². The number of pyridine rings is 1. The van der Waals surface area contributed by atoms with Gasteiger partial charge in [0, 0.05) is 6.20 Å². The maximum atomic E-state index is 12.2. The van der Waals surface area contributed by atoms with E-state index in [9.17, 15) is 10.1 Å². The van der Waals surface area contributed by atoms with Gasteiger partial charge in [-0.2, -0.15) is 15.0 Å². The molecule has 0 aliphatic rings. The lowest BCUT2D eigenvalue weighted by atomic mass is 10.3. The third kappa shape index (κ3) is 3.99. The first-order valence-electron chi connectivity index (χ1n) is 7.75. The standard InChI is InChI=1S/C18H14ClN5O2/c19-14-5-1-2-6-15(14)26-10-8-17(25)23-18-13(11-20)12-22-24(18)16-7-3-4-9-21-16/h1-7,9,12H,8,10H2,(H,23,25). The van der Waals surface area contributed by atoms with Crippen LogP contribution in [0.5, 0.6) is 5.75 Å². The molecule has 0 fully saturated rings. The average molecular weight is 368 g/mol. The zero-order valence-corrected chi connectivity index (χ0v) is 14.3. The molecular formula is C18H14ClN5O2. The fourth-order valence-corrected chi connectivity index (χ4v) is 2.40. The van der Waals surface area contributed by atoms with E-state index < -0.39 is 0 Å². The minimum Gasteiger partial charge on any atom is -0.491 e. The third-order valence-corrected chi connectivity index (χ3v) is 3.75. The second kappa shape index (κ2) is 8.14. The fourth-order valence-electron chi connectivity index (χ4n) is 2.21. The molecule has 2 aromatic heterocycles. The van der Waals surface area contributed by atoms with Crippen molar-refractivity contribution in [3.8, 4) is 17.6 Å². The Labute approximate surface area is 154 Å². The van der Waals surface area contributed by atoms with Gasteiger partial charge < -0.3 is 10.1 Å². The number of benzene rings is 1. The number of nitrogens with zero attached hydrogens (tertiary/aromatic N) is 4. The van der Waals surface area contributed by atoms with Crippen LogP contribution in [0.2, 0.25) is 5.02 Å². The number of carbonyl (C=O) groups is 1. The highest BCUT2D eigenvalue weighted by molar-refractivity contribution is 6.32. The number of halogens is 1. The van der Waals surface area contributed by atoms with Gasteiger partial charge in [-0.3, -0.25) is 4.79 Å². The Kier molecular flexibility index (Phi) is 5.46. The molecule has 26 heavy (non-hydrogen) atoms. The van der Waals surface area contributed by atoms with Crippen molar-refractivity contribution in [2.24, 2.45) is 0 Å². The quantitative estimate of drug-likeness (QED) is 0.722. The summed E-state index contributed by atoms with van der Waals surface area (Å²) in [6.07, 6.45) is 3.07. The molecule has 1 amide bonds. The van der Waals surface area contributed by atoms with Crippen LogP contribution in [-0.2, 0) is 4.79 Å². The normalized spacial score (nSPS) is 10.2. The fraction of sp³-hybridized carbons (Fsp3) is 0.111. The Morgan fingerprint density at radius 2 is 2.08 bits per heavy atom. The third-order valence-electron chi connectivity index (χ3n) is 3.44. The number of hydrogen-bond acceptors (Lipinski definition) is 5. The molecule has 0 aliphatic carbocycles. The monoisotopic (exact) mass is 367 g/mol. The summed E-state index contributed by atoms with van der Waals surface area (Å²) in [6.45, 7) is 0.148. The van der Waals surface area contributed by atoms with Gasteiger partial charge in [0.2, 0.25) is 5.91 Å². The van der Waals surface area contributed by atoms with Crippen LogP contribution >= 0.6 is 11.6 Å². The molecule has 0 unspecified atom stereocenters. The number of hydrogen-bond donors (Lipinski definition) is 1. The second-order valence-corrected chi connectivity index (χ2v) is 5.60. The van der Waals surface area contributed by atoms with Crippen LogP contribution in [0, 0.1) is 11.3 Å². The number of nitriles is 1. The molecule has 3 rings (SSSR count). The van der Waals surface area contributed by atoms with Crippen LogP contribution in [-0.4, -0.2) is 27.3 Å². The summed E-state index contributed by atoms with van der Waals surface area (Å²) >= 11 is 6.00. The molecular weight excluding hydrogens is 354 g/mol. The van der Waals surface area contributed by atoms with E-state index in [1.807, 2.05) is 6.07 Å². The Hall–Kier alpha value is -3.37. The van der Waals surface area contributed by atoms with Gasteiger partial charge in [-0.1, -0.05) is 29.8 Å². The Morgan fingerprint density at radius 1 is 1.27 bits per heavy atom. The van der Waals surface area contributed by atoms with Crippen molar-refractivity contribution in [2.75, 3.05) is 11.9 Å². The van der Waals surface area contributed by atoms with Crippen molar-refractivity contribution >= 4 is 23.3 Å². The largest absolute Gasteiger partial charge is 0.491 e. The number of para-hydroxylation sites is 1. The van der Waals surface area contributed by atoms with E-state index in [-0.39, 0.29) is 30.3 Å². The Morgan fingerprint density at radius 3 is 2.81 bits per heavy atom. The van der Waals surface area contributed by atoms with Crippen molar-refractivity contribution in [1.29, 1.82) is 5.26 Å². The zero-order valence-electron chi connectivity index (χ0n) is 13.6. The molecule has 8 heteroatoms. The summed E-state index contributed by atoms with van der Waals surface area (Å²) in [6, 6.07) is 14.3. The molecule has 0 radical (unpaired) electrons. The molecule has 3 aromatic rings. The van der Waals surface area contributed by atoms with Crippen LogP contribution in [0.4, 0.5) is 5.82 Å². The summed E-state index contributed by atoms with van der Waals surface area (Å²) in [7, 11) is 0. The molecule has 1 aromatic carbocycles. The number of nitrogens with one attached hydrogen (secondary N) is 1. The molecule has 0 aliphatic heterocycles. The van der Waals surface area contributed by atoms with E-state index in [2.05, 4.69) is 15.4 Å². The summed E-state index contributed by atoms with van der Waals surface area (Å²) in [5.41, 5.74) is 0.246. The lowest BCUT2D eigenvalue weighted by molar-refractivity contribution is -0.116. The van der Waals surface area contributed by atoms with Crippen molar-refractivity contribution in [2.45, 2.75) is 6.42 Å². The van der Waals surface area contributed by atoms with E-state index in [4.69, 9.17) is 16.3 Å². The first kappa shape index (κ1) is 17.5. The average Bonchev–Trinajstić information content (AvgIpc) is 3.06. The van der Waals surface area contributed by atoms with Gasteiger partial charge >= 0.3 is 0 Å². The lowest BCUT2D eigenvalue weighted by Gasteiger charge is -2.10. The highest BCUT2D eigenvalue weighted by atomic mass is 35.5. The van der Waals surface area contributed by atoms with E-state index >= 15 is 0 Å². The zero-order chi connectivity index (χ0) is 18.4. The van der Waals surface area contributed by atoms with Gasteiger partial charge in [-0.05, 0) is 24.3 Å². The lowest BCUT2D eigenvalue weighted by Crippen LogP contribution is -2.18. The van der Waals surface area contributed by atoms with Crippen LogP contribution in [0.1, 0.15) is 12.0 Å². The Balaban J connectivity index is 1.67. The van der Waals surface area contributed by atoms with Crippen LogP contribution in [0.15, 0.2) is 54.9 Å². The summed E-state index contributed by atoms with van der Waals surface area (Å²) in [5, 5.41) is 16.5. The molecule has 0 bridgehead atoms. The van der Waals surface area contributed by atoms with Gasteiger partial charge in [-0.15, -0.1) is 0 Å².